The van der Waals surface area contributed by atoms with Gasteiger partial charge in [-0.05, 0) is 31.5 Å². The number of hydrogen-bond acceptors (Lipinski definition) is 6. The van der Waals surface area contributed by atoms with Crippen LogP contribution in [0.3, 0.4) is 0 Å². The quantitative estimate of drug-likeness (QED) is 0.621. The number of ether oxygens (including phenoxy) is 1. The zero-order chi connectivity index (χ0) is 17.0. The maximum absolute atomic E-state index is 12.5. The minimum absolute atomic E-state index is 0.118. The van der Waals surface area contributed by atoms with Gasteiger partial charge in [-0.25, -0.2) is 4.90 Å². The summed E-state index contributed by atoms with van der Waals surface area (Å²) in [5.41, 5.74) is 7.28. The molecule has 1 aliphatic rings. The molecule has 2 N–H and O–H groups in total. The molecule has 0 unspecified atom stereocenters. The number of esters is 1. The highest BCUT2D eigenvalue weighted by Gasteiger charge is 2.40. The number of benzene rings is 1. The number of amides is 2. The van der Waals surface area contributed by atoms with Gasteiger partial charge >= 0.3 is 5.97 Å². The normalized spacial score (nSPS) is 19.1. The molecular weight excluding hydrogens is 316 g/mol. The maximum atomic E-state index is 12.5. The van der Waals surface area contributed by atoms with Gasteiger partial charge in [0.2, 0.25) is 11.8 Å². The number of thioether (sulfide) groups is 1. The standard InChI is InChI=1S/C16H20N2O4S/c1-3-22-16(21)12(17)9-23-13-8-14(19)18(15(13)20)11-6-4-5-10(2)7-11/h4-7,12-13H,3,8-9,17H2,1-2H3/t12-,13+/m1/s1. The van der Waals surface area contributed by atoms with E-state index in [1.165, 1.54) is 16.7 Å². The number of nitrogens with two attached hydrogens (primary N) is 1. The SMILES string of the molecule is CCOC(=O)[C@H](N)CS[C@H]1CC(=O)N(c2cccc(C)c2)C1=O. The Kier molecular flexibility index (Phi) is 5.79. The Morgan fingerprint density at radius 3 is 2.87 bits per heavy atom. The minimum atomic E-state index is -0.795. The van der Waals surface area contributed by atoms with Gasteiger partial charge in [0.1, 0.15) is 6.04 Å². The Morgan fingerprint density at radius 2 is 2.22 bits per heavy atom. The van der Waals surface area contributed by atoms with E-state index >= 15 is 0 Å². The van der Waals surface area contributed by atoms with Gasteiger partial charge in [0, 0.05) is 12.2 Å². The number of carbonyl (C=O) groups excluding carboxylic acids is 3. The van der Waals surface area contributed by atoms with Crippen LogP contribution >= 0.6 is 11.8 Å². The lowest BCUT2D eigenvalue weighted by Crippen LogP contribution is -2.36. The van der Waals surface area contributed by atoms with E-state index in [2.05, 4.69) is 0 Å². The first-order chi connectivity index (χ1) is 10.9. The monoisotopic (exact) mass is 336 g/mol. The van der Waals surface area contributed by atoms with Crippen LogP contribution in [0.1, 0.15) is 18.9 Å². The first-order valence-corrected chi connectivity index (χ1v) is 8.46. The molecule has 6 nitrogen and oxygen atoms in total. The van der Waals surface area contributed by atoms with E-state index in [0.717, 1.165) is 5.56 Å². The molecule has 1 aromatic rings. The fourth-order valence-corrected chi connectivity index (χ4v) is 3.39. The second-order valence-electron chi connectivity index (χ2n) is 5.29. The molecule has 0 aromatic heterocycles. The van der Waals surface area contributed by atoms with E-state index in [9.17, 15) is 14.4 Å². The number of hydrogen-bond donors (Lipinski definition) is 1. The zero-order valence-corrected chi connectivity index (χ0v) is 14.0. The fourth-order valence-electron chi connectivity index (χ4n) is 2.31. The molecule has 2 rings (SSSR count). The van der Waals surface area contributed by atoms with E-state index in [0.29, 0.717) is 5.69 Å². The van der Waals surface area contributed by atoms with Gasteiger partial charge in [-0.3, -0.25) is 14.4 Å². The summed E-state index contributed by atoms with van der Waals surface area (Å²) in [6.07, 6.45) is 0.118. The van der Waals surface area contributed by atoms with E-state index in [1.54, 1.807) is 19.1 Å². The molecule has 0 radical (unpaired) electrons. The van der Waals surface area contributed by atoms with Crippen LogP contribution in [0.15, 0.2) is 24.3 Å². The van der Waals surface area contributed by atoms with Crippen LogP contribution in [-0.2, 0) is 19.1 Å². The predicted molar refractivity (Wildman–Crippen MR) is 89.1 cm³/mol. The van der Waals surface area contributed by atoms with Crippen molar-refractivity contribution in [1.82, 2.24) is 0 Å². The van der Waals surface area contributed by atoms with Crippen molar-refractivity contribution in [3.63, 3.8) is 0 Å². The van der Waals surface area contributed by atoms with Crippen molar-refractivity contribution >= 4 is 35.2 Å². The summed E-state index contributed by atoms with van der Waals surface area (Å²) in [4.78, 5) is 37.3. The first kappa shape index (κ1) is 17.5. The average molecular weight is 336 g/mol. The molecule has 124 valence electrons. The molecule has 0 saturated carbocycles. The second-order valence-corrected chi connectivity index (χ2v) is 6.53. The van der Waals surface area contributed by atoms with Gasteiger partial charge in [-0.15, -0.1) is 11.8 Å². The third kappa shape index (κ3) is 4.11. The lowest BCUT2D eigenvalue weighted by Gasteiger charge is -2.16. The number of nitrogens with zero attached hydrogens (tertiary/aromatic N) is 1. The van der Waals surface area contributed by atoms with E-state index in [4.69, 9.17) is 10.5 Å². The molecule has 1 saturated heterocycles. The molecule has 23 heavy (non-hydrogen) atoms. The molecule has 2 amide bonds. The van der Waals surface area contributed by atoms with Crippen LogP contribution in [0.5, 0.6) is 0 Å². The average Bonchev–Trinajstić information content (AvgIpc) is 2.79. The van der Waals surface area contributed by atoms with Gasteiger partial charge in [0.15, 0.2) is 0 Å². The highest BCUT2D eigenvalue weighted by Crippen LogP contribution is 2.30. The summed E-state index contributed by atoms with van der Waals surface area (Å²) < 4.78 is 4.83. The second kappa shape index (κ2) is 7.61. The number of carbonyl (C=O) groups is 3. The summed E-state index contributed by atoms with van der Waals surface area (Å²) >= 11 is 1.22. The molecular formula is C16H20N2O4S. The Labute approximate surface area is 139 Å². The molecule has 0 aliphatic carbocycles. The lowest BCUT2D eigenvalue weighted by molar-refractivity contribution is -0.144. The molecule has 7 heteroatoms. The summed E-state index contributed by atoms with van der Waals surface area (Å²) in [5.74, 6) is -0.749. The minimum Gasteiger partial charge on any atom is -0.465 e. The van der Waals surface area contributed by atoms with E-state index < -0.39 is 17.3 Å². The van der Waals surface area contributed by atoms with Gasteiger partial charge in [0.05, 0.1) is 17.5 Å². The van der Waals surface area contributed by atoms with Crippen molar-refractivity contribution < 1.29 is 19.1 Å². The highest BCUT2D eigenvalue weighted by atomic mass is 32.2. The van der Waals surface area contributed by atoms with Crippen LogP contribution in [0.4, 0.5) is 5.69 Å². The summed E-state index contributed by atoms with van der Waals surface area (Å²) in [6.45, 7) is 3.87. The zero-order valence-electron chi connectivity index (χ0n) is 13.2. The maximum Gasteiger partial charge on any atom is 0.323 e. The number of rotatable bonds is 6. The summed E-state index contributed by atoms with van der Waals surface area (Å²) in [5, 5.41) is -0.511. The highest BCUT2D eigenvalue weighted by molar-refractivity contribution is 8.00. The van der Waals surface area contributed by atoms with Gasteiger partial charge in [0.25, 0.3) is 0 Å². The van der Waals surface area contributed by atoms with Gasteiger partial charge in [-0.2, -0.15) is 0 Å². The van der Waals surface area contributed by atoms with Crippen molar-refractivity contribution in [2.24, 2.45) is 5.73 Å². The molecule has 1 heterocycles. The smallest absolute Gasteiger partial charge is 0.323 e. The summed E-state index contributed by atoms with van der Waals surface area (Å²) in [6, 6.07) is 6.45. The van der Waals surface area contributed by atoms with Crippen molar-refractivity contribution in [2.45, 2.75) is 31.6 Å². The van der Waals surface area contributed by atoms with Crippen molar-refractivity contribution in [3.05, 3.63) is 29.8 Å². The molecule has 1 fully saturated rings. The van der Waals surface area contributed by atoms with E-state index in [-0.39, 0.29) is 30.6 Å². The van der Waals surface area contributed by atoms with Crippen molar-refractivity contribution in [2.75, 3.05) is 17.3 Å². The first-order valence-electron chi connectivity index (χ1n) is 7.41. The Balaban J connectivity index is 2.00. The Morgan fingerprint density at radius 1 is 1.48 bits per heavy atom. The summed E-state index contributed by atoms with van der Waals surface area (Å²) in [7, 11) is 0. The molecule has 1 aromatic carbocycles. The Hall–Kier alpha value is -1.86. The number of aryl methyl sites for hydroxylation is 1. The third-order valence-electron chi connectivity index (χ3n) is 3.43. The largest absolute Gasteiger partial charge is 0.465 e. The van der Waals surface area contributed by atoms with Gasteiger partial charge in [-0.1, -0.05) is 12.1 Å². The molecule has 0 bridgehead atoms. The molecule has 0 spiro atoms. The molecule has 1 aliphatic heterocycles. The van der Waals surface area contributed by atoms with Crippen LogP contribution in [-0.4, -0.2) is 41.4 Å². The van der Waals surface area contributed by atoms with Crippen LogP contribution in [0, 0.1) is 6.92 Å². The topological polar surface area (TPSA) is 89.7 Å². The van der Waals surface area contributed by atoms with Crippen molar-refractivity contribution in [1.29, 1.82) is 0 Å². The Bertz CT molecular complexity index is 620. The third-order valence-corrected chi connectivity index (χ3v) is 4.75. The van der Waals surface area contributed by atoms with Crippen LogP contribution in [0.2, 0.25) is 0 Å². The van der Waals surface area contributed by atoms with Crippen molar-refractivity contribution in [3.8, 4) is 0 Å². The fraction of sp³-hybridized carbons (Fsp3) is 0.438. The van der Waals surface area contributed by atoms with Gasteiger partial charge < -0.3 is 10.5 Å². The number of anilines is 1. The number of imide groups is 1. The molecule has 2 atom stereocenters. The predicted octanol–water partition coefficient (Wildman–Crippen LogP) is 1.25. The van der Waals surface area contributed by atoms with Crippen LogP contribution < -0.4 is 10.6 Å². The van der Waals surface area contributed by atoms with Crippen LogP contribution in [0.25, 0.3) is 0 Å². The van der Waals surface area contributed by atoms with E-state index in [1.807, 2.05) is 19.1 Å². The lowest BCUT2D eigenvalue weighted by atomic mass is 10.2.